The molecule has 0 saturated heterocycles. The van der Waals surface area contributed by atoms with Gasteiger partial charge >= 0.3 is 0 Å². The minimum Gasteiger partial charge on any atom is -0.467 e. The van der Waals surface area contributed by atoms with Gasteiger partial charge in [0.2, 0.25) is 0 Å². The van der Waals surface area contributed by atoms with Crippen LogP contribution in [0.15, 0.2) is 64.4 Å². The normalized spacial score (nSPS) is 12.5. The third-order valence-corrected chi connectivity index (χ3v) is 4.17. The number of halogens is 1. The molecule has 0 fully saturated rings. The van der Waals surface area contributed by atoms with E-state index in [2.05, 4.69) is 10.1 Å². The van der Waals surface area contributed by atoms with Crippen molar-refractivity contribution in [2.24, 2.45) is 0 Å². The number of benzene rings is 1. The zero-order valence-electron chi connectivity index (χ0n) is 14.7. The molecule has 9 heteroatoms. The number of nitrogens with zero attached hydrogens (tertiary/aromatic N) is 4. The molecule has 0 radical (unpaired) electrons. The Morgan fingerprint density at radius 2 is 2.07 bits per heavy atom. The van der Waals surface area contributed by atoms with E-state index in [1.165, 1.54) is 33.9 Å². The second-order valence-corrected chi connectivity index (χ2v) is 6.22. The van der Waals surface area contributed by atoms with Gasteiger partial charge in [-0.3, -0.25) is 9.36 Å². The van der Waals surface area contributed by atoms with Crippen molar-refractivity contribution >= 4 is 11.0 Å². The van der Waals surface area contributed by atoms with Crippen LogP contribution in [0.2, 0.25) is 0 Å². The molecule has 144 valence electrons. The highest BCUT2D eigenvalue weighted by Crippen LogP contribution is 2.14. The average Bonchev–Trinajstić information content (AvgIpc) is 3.35. The van der Waals surface area contributed by atoms with E-state index in [1.54, 1.807) is 30.5 Å². The van der Waals surface area contributed by atoms with Crippen LogP contribution in [0.5, 0.6) is 0 Å². The van der Waals surface area contributed by atoms with Crippen LogP contribution in [0.1, 0.15) is 5.76 Å². The van der Waals surface area contributed by atoms with Crippen molar-refractivity contribution in [3.05, 3.63) is 77.1 Å². The first-order valence-electron chi connectivity index (χ1n) is 8.59. The molecule has 4 aromatic rings. The summed E-state index contributed by atoms with van der Waals surface area (Å²) in [6.07, 6.45) is 3.41. The van der Waals surface area contributed by atoms with Crippen LogP contribution >= 0.6 is 0 Å². The first kappa shape index (κ1) is 18.1. The van der Waals surface area contributed by atoms with Crippen molar-refractivity contribution in [3.8, 4) is 5.69 Å². The van der Waals surface area contributed by atoms with Gasteiger partial charge < -0.3 is 14.3 Å². The fourth-order valence-corrected chi connectivity index (χ4v) is 2.82. The topological polar surface area (TPSA) is 95.3 Å². The summed E-state index contributed by atoms with van der Waals surface area (Å²) in [5, 5.41) is 14.6. The lowest BCUT2D eigenvalue weighted by molar-refractivity contribution is 0.0142. The maximum Gasteiger partial charge on any atom is 0.264 e. The smallest absolute Gasteiger partial charge is 0.264 e. The second-order valence-electron chi connectivity index (χ2n) is 6.22. The predicted octanol–water partition coefficient (Wildman–Crippen LogP) is 1.89. The monoisotopic (exact) mass is 384 g/mol. The molecular weight excluding hydrogens is 367 g/mol. The highest BCUT2D eigenvalue weighted by atomic mass is 19.1. The number of fused-ring (bicyclic) bond motifs is 1. The number of ether oxygens (including phenoxy) is 1. The van der Waals surface area contributed by atoms with E-state index in [9.17, 15) is 14.3 Å². The number of hydrogen-bond donors (Lipinski definition) is 1. The van der Waals surface area contributed by atoms with Gasteiger partial charge in [-0.15, -0.1) is 0 Å². The molecule has 0 bridgehead atoms. The zero-order chi connectivity index (χ0) is 19.5. The molecule has 1 aromatic carbocycles. The standard InChI is InChI=1S/C19H17FN4O4/c20-13-3-5-14(6-4-13)24-18-17(8-22-24)19(26)23(12-21-18)9-15(25)10-27-11-16-2-1-7-28-16/h1-8,12,15,25H,9-11H2. The van der Waals surface area contributed by atoms with Gasteiger partial charge in [0.05, 0.1) is 37.4 Å². The summed E-state index contributed by atoms with van der Waals surface area (Å²) in [5.41, 5.74) is 0.618. The Hall–Kier alpha value is -3.30. The number of aliphatic hydroxyl groups is 1. The van der Waals surface area contributed by atoms with Crippen LogP contribution in [-0.4, -0.2) is 37.1 Å². The quantitative estimate of drug-likeness (QED) is 0.523. The summed E-state index contributed by atoms with van der Waals surface area (Å²) in [7, 11) is 0. The summed E-state index contributed by atoms with van der Waals surface area (Å²) in [6, 6.07) is 9.24. The van der Waals surface area contributed by atoms with Crippen molar-refractivity contribution < 1.29 is 18.7 Å². The van der Waals surface area contributed by atoms with E-state index in [4.69, 9.17) is 9.15 Å². The summed E-state index contributed by atoms with van der Waals surface area (Å²) in [6.45, 7) is 0.308. The number of rotatable bonds is 7. The van der Waals surface area contributed by atoms with Gasteiger partial charge in [-0.25, -0.2) is 14.1 Å². The molecule has 8 nitrogen and oxygen atoms in total. The molecule has 0 spiro atoms. The minimum absolute atomic E-state index is 0.0294. The average molecular weight is 384 g/mol. The number of furan rings is 1. The van der Waals surface area contributed by atoms with E-state index in [0.717, 1.165) is 0 Å². The van der Waals surface area contributed by atoms with Crippen molar-refractivity contribution in [2.75, 3.05) is 6.61 Å². The molecule has 0 saturated carbocycles. The molecule has 0 aliphatic rings. The van der Waals surface area contributed by atoms with E-state index < -0.39 is 6.10 Å². The molecule has 1 unspecified atom stereocenters. The van der Waals surface area contributed by atoms with E-state index >= 15 is 0 Å². The molecule has 4 rings (SSSR count). The van der Waals surface area contributed by atoms with Gasteiger partial charge in [0, 0.05) is 0 Å². The van der Waals surface area contributed by atoms with Gasteiger partial charge in [-0.1, -0.05) is 0 Å². The molecule has 0 amide bonds. The molecule has 3 heterocycles. The van der Waals surface area contributed by atoms with Crippen molar-refractivity contribution in [2.45, 2.75) is 19.3 Å². The third-order valence-electron chi connectivity index (χ3n) is 4.17. The fourth-order valence-electron chi connectivity index (χ4n) is 2.82. The first-order valence-corrected chi connectivity index (χ1v) is 8.59. The van der Waals surface area contributed by atoms with Gasteiger partial charge in [-0.2, -0.15) is 5.10 Å². The Bertz CT molecular complexity index is 1120. The van der Waals surface area contributed by atoms with E-state index in [-0.39, 0.29) is 31.1 Å². The Labute approximate surface area is 158 Å². The molecule has 28 heavy (non-hydrogen) atoms. The van der Waals surface area contributed by atoms with Crippen LogP contribution < -0.4 is 5.56 Å². The maximum atomic E-state index is 13.1. The maximum absolute atomic E-state index is 13.1. The SMILES string of the molecule is O=c1c2cnn(-c3ccc(F)cc3)c2ncn1CC(O)COCc1ccco1. The fraction of sp³-hybridized carbons (Fsp3) is 0.211. The van der Waals surface area contributed by atoms with E-state index in [1.807, 2.05) is 0 Å². The second kappa shape index (κ2) is 7.75. The lowest BCUT2D eigenvalue weighted by Crippen LogP contribution is -2.29. The third kappa shape index (κ3) is 3.71. The minimum atomic E-state index is -0.890. The Morgan fingerprint density at radius 1 is 1.25 bits per heavy atom. The molecular formula is C19H17FN4O4. The largest absolute Gasteiger partial charge is 0.467 e. The van der Waals surface area contributed by atoms with Crippen LogP contribution in [0.25, 0.3) is 16.7 Å². The predicted molar refractivity (Wildman–Crippen MR) is 97.5 cm³/mol. The zero-order valence-corrected chi connectivity index (χ0v) is 14.7. The first-order chi connectivity index (χ1) is 13.6. The van der Waals surface area contributed by atoms with E-state index in [0.29, 0.717) is 22.5 Å². The highest BCUT2D eigenvalue weighted by Gasteiger charge is 2.14. The Morgan fingerprint density at radius 3 is 2.82 bits per heavy atom. The Balaban J connectivity index is 1.48. The lowest BCUT2D eigenvalue weighted by Gasteiger charge is -2.12. The van der Waals surface area contributed by atoms with Gasteiger partial charge in [0.1, 0.15) is 29.9 Å². The lowest BCUT2D eigenvalue weighted by atomic mass is 10.3. The van der Waals surface area contributed by atoms with Crippen LogP contribution in [0.4, 0.5) is 4.39 Å². The summed E-state index contributed by atoms with van der Waals surface area (Å²) >= 11 is 0. The Kier molecular flexibility index (Phi) is 5.00. The molecule has 0 aliphatic heterocycles. The van der Waals surface area contributed by atoms with Gasteiger partial charge in [0.15, 0.2) is 5.65 Å². The highest BCUT2D eigenvalue weighted by molar-refractivity contribution is 5.74. The van der Waals surface area contributed by atoms with Crippen molar-refractivity contribution in [3.63, 3.8) is 0 Å². The summed E-state index contributed by atoms with van der Waals surface area (Å²) < 4.78 is 26.4. The molecule has 3 aromatic heterocycles. The molecule has 0 aliphatic carbocycles. The van der Waals surface area contributed by atoms with Crippen LogP contribution in [0.3, 0.4) is 0 Å². The van der Waals surface area contributed by atoms with Crippen molar-refractivity contribution in [1.82, 2.24) is 19.3 Å². The number of hydrogen-bond acceptors (Lipinski definition) is 6. The van der Waals surface area contributed by atoms with Gasteiger partial charge in [0.25, 0.3) is 5.56 Å². The molecule has 1 atom stereocenters. The van der Waals surface area contributed by atoms with Crippen molar-refractivity contribution in [1.29, 1.82) is 0 Å². The van der Waals surface area contributed by atoms with Gasteiger partial charge in [-0.05, 0) is 36.4 Å². The number of aliphatic hydroxyl groups excluding tert-OH is 1. The van der Waals surface area contributed by atoms with Crippen LogP contribution in [-0.2, 0) is 17.9 Å². The number of aromatic nitrogens is 4. The van der Waals surface area contributed by atoms with Crippen LogP contribution in [0, 0.1) is 5.82 Å². The molecule has 1 N–H and O–H groups in total. The summed E-state index contributed by atoms with van der Waals surface area (Å²) in [5.74, 6) is 0.291. The summed E-state index contributed by atoms with van der Waals surface area (Å²) in [4.78, 5) is 16.9.